The van der Waals surface area contributed by atoms with Crippen LogP contribution in [0.4, 0.5) is 0 Å². The van der Waals surface area contributed by atoms with Gasteiger partial charge in [-0.1, -0.05) is 18.2 Å². The van der Waals surface area contributed by atoms with E-state index in [2.05, 4.69) is 4.72 Å². The summed E-state index contributed by atoms with van der Waals surface area (Å²) in [5.74, 6) is 0.563. The van der Waals surface area contributed by atoms with Crippen LogP contribution in [0.2, 0.25) is 0 Å². The average molecular weight is 409 g/mol. The lowest BCUT2D eigenvalue weighted by Gasteiger charge is -2.12. The molecule has 0 fully saturated rings. The first-order valence-corrected chi connectivity index (χ1v) is 9.97. The van der Waals surface area contributed by atoms with Crippen LogP contribution < -0.4 is 18.9 Å². The van der Waals surface area contributed by atoms with Crippen LogP contribution in [0.25, 0.3) is 0 Å². The summed E-state index contributed by atoms with van der Waals surface area (Å²) >= 11 is 0. The van der Waals surface area contributed by atoms with Gasteiger partial charge in [0.25, 0.3) is 0 Å². The molecular weight excluding hydrogens is 386 g/mol. The van der Waals surface area contributed by atoms with Crippen molar-refractivity contribution in [1.29, 1.82) is 0 Å². The second-order valence-electron chi connectivity index (χ2n) is 5.54. The van der Waals surface area contributed by atoms with Gasteiger partial charge in [-0.3, -0.25) is 4.79 Å². The number of rotatable bonds is 10. The van der Waals surface area contributed by atoms with E-state index in [1.54, 1.807) is 18.2 Å². The zero-order valence-electron chi connectivity index (χ0n) is 15.9. The minimum Gasteiger partial charge on any atom is -0.493 e. The Bertz CT molecular complexity index is 912. The van der Waals surface area contributed by atoms with Crippen LogP contribution >= 0.6 is 0 Å². The Balaban J connectivity index is 1.96. The number of nitrogens with one attached hydrogen (secondary N) is 1. The third kappa shape index (κ3) is 5.61. The summed E-state index contributed by atoms with van der Waals surface area (Å²) in [6, 6.07) is 11.3. The first-order valence-electron chi connectivity index (χ1n) is 8.49. The SMILES string of the molecule is CCOc1ccccc1COC(=O)CNS(=O)(=O)c1ccc(OC)c(OC)c1. The van der Waals surface area contributed by atoms with E-state index in [0.717, 1.165) is 0 Å². The third-order valence-corrected chi connectivity index (χ3v) is 5.13. The predicted molar refractivity (Wildman–Crippen MR) is 102 cm³/mol. The highest BCUT2D eigenvalue weighted by molar-refractivity contribution is 7.89. The van der Waals surface area contributed by atoms with Crippen LogP contribution in [0.3, 0.4) is 0 Å². The first kappa shape index (κ1) is 21.5. The van der Waals surface area contributed by atoms with Gasteiger partial charge in [-0.2, -0.15) is 4.72 Å². The second-order valence-corrected chi connectivity index (χ2v) is 7.31. The summed E-state index contributed by atoms with van der Waals surface area (Å²) < 4.78 is 47.7. The van der Waals surface area contributed by atoms with E-state index >= 15 is 0 Å². The molecule has 0 aliphatic carbocycles. The fraction of sp³-hybridized carbons (Fsp3) is 0.316. The van der Waals surface area contributed by atoms with Crippen LogP contribution in [0.15, 0.2) is 47.4 Å². The third-order valence-electron chi connectivity index (χ3n) is 3.73. The highest BCUT2D eigenvalue weighted by Crippen LogP contribution is 2.29. The van der Waals surface area contributed by atoms with Crippen molar-refractivity contribution in [3.63, 3.8) is 0 Å². The standard InChI is InChI=1S/C19H23NO7S/c1-4-26-16-8-6-5-7-14(16)13-27-19(21)12-20-28(22,23)15-9-10-17(24-2)18(11-15)25-3/h5-11,20H,4,12-13H2,1-3H3. The minimum atomic E-state index is -3.92. The normalized spacial score (nSPS) is 11.0. The summed E-state index contributed by atoms with van der Waals surface area (Å²) in [5.41, 5.74) is 0.695. The maximum absolute atomic E-state index is 12.4. The van der Waals surface area contributed by atoms with Gasteiger partial charge in [-0.15, -0.1) is 0 Å². The Hall–Kier alpha value is -2.78. The molecule has 0 radical (unpaired) electrons. The number of benzene rings is 2. The van der Waals surface area contributed by atoms with Gasteiger partial charge in [0.2, 0.25) is 10.0 Å². The lowest BCUT2D eigenvalue weighted by molar-refractivity contribution is -0.143. The zero-order chi connectivity index (χ0) is 20.6. The Labute approximate surface area is 164 Å². The van der Waals surface area contributed by atoms with E-state index in [1.165, 1.54) is 32.4 Å². The van der Waals surface area contributed by atoms with Gasteiger partial charge in [0.05, 0.1) is 25.7 Å². The molecule has 1 N–H and O–H groups in total. The van der Waals surface area contributed by atoms with Gasteiger partial charge in [0, 0.05) is 11.6 Å². The van der Waals surface area contributed by atoms with E-state index in [-0.39, 0.29) is 17.3 Å². The van der Waals surface area contributed by atoms with E-state index in [0.29, 0.717) is 23.7 Å². The smallest absolute Gasteiger partial charge is 0.321 e. The van der Waals surface area contributed by atoms with E-state index in [4.69, 9.17) is 18.9 Å². The van der Waals surface area contributed by atoms with Crippen molar-refractivity contribution in [3.05, 3.63) is 48.0 Å². The molecule has 2 rings (SSSR count). The predicted octanol–water partition coefficient (Wildman–Crippen LogP) is 2.12. The molecule has 0 amide bonds. The van der Waals surface area contributed by atoms with Crippen LogP contribution in [0, 0.1) is 0 Å². The molecule has 0 bridgehead atoms. The van der Waals surface area contributed by atoms with Crippen molar-refractivity contribution in [2.45, 2.75) is 18.4 Å². The monoisotopic (exact) mass is 409 g/mol. The van der Waals surface area contributed by atoms with Crippen molar-refractivity contribution in [2.24, 2.45) is 0 Å². The summed E-state index contributed by atoms with van der Waals surface area (Å²) in [4.78, 5) is 11.9. The number of carbonyl (C=O) groups excluding carboxylic acids is 1. The fourth-order valence-electron chi connectivity index (χ4n) is 2.35. The maximum atomic E-state index is 12.4. The number of methoxy groups -OCH3 is 2. The van der Waals surface area contributed by atoms with Crippen molar-refractivity contribution >= 4 is 16.0 Å². The molecule has 0 heterocycles. The van der Waals surface area contributed by atoms with E-state index in [9.17, 15) is 13.2 Å². The summed E-state index contributed by atoms with van der Waals surface area (Å²) in [5, 5.41) is 0. The summed E-state index contributed by atoms with van der Waals surface area (Å²) in [6.07, 6.45) is 0. The minimum absolute atomic E-state index is 0.0207. The molecule has 0 aliphatic heterocycles. The van der Waals surface area contributed by atoms with Crippen molar-refractivity contribution in [3.8, 4) is 17.2 Å². The Morgan fingerprint density at radius 3 is 2.39 bits per heavy atom. The highest BCUT2D eigenvalue weighted by atomic mass is 32.2. The highest BCUT2D eigenvalue weighted by Gasteiger charge is 2.19. The Kier molecular flexibility index (Phi) is 7.65. The number of hydrogen-bond donors (Lipinski definition) is 1. The fourth-order valence-corrected chi connectivity index (χ4v) is 3.33. The van der Waals surface area contributed by atoms with E-state index in [1.807, 2.05) is 13.0 Å². The maximum Gasteiger partial charge on any atom is 0.321 e. The van der Waals surface area contributed by atoms with Gasteiger partial charge in [0.1, 0.15) is 18.9 Å². The first-order chi connectivity index (χ1) is 13.4. The number of carbonyl (C=O) groups is 1. The molecule has 2 aromatic rings. The quantitative estimate of drug-likeness (QED) is 0.600. The van der Waals surface area contributed by atoms with Crippen molar-refractivity contribution in [2.75, 3.05) is 27.4 Å². The summed E-state index contributed by atoms with van der Waals surface area (Å²) in [6.45, 7) is 1.81. The van der Waals surface area contributed by atoms with E-state index < -0.39 is 22.5 Å². The average Bonchev–Trinajstić information content (AvgIpc) is 2.71. The lowest BCUT2D eigenvalue weighted by atomic mass is 10.2. The van der Waals surface area contributed by atoms with Crippen LogP contribution in [-0.4, -0.2) is 41.8 Å². The van der Waals surface area contributed by atoms with Crippen molar-refractivity contribution < 1.29 is 32.2 Å². The Morgan fingerprint density at radius 1 is 1.00 bits per heavy atom. The molecule has 28 heavy (non-hydrogen) atoms. The van der Waals surface area contributed by atoms with Crippen LogP contribution in [0.1, 0.15) is 12.5 Å². The molecular formula is C19H23NO7S. The molecule has 9 heteroatoms. The number of sulfonamides is 1. The topological polar surface area (TPSA) is 100 Å². The van der Waals surface area contributed by atoms with Gasteiger partial charge in [-0.25, -0.2) is 8.42 Å². The lowest BCUT2D eigenvalue weighted by Crippen LogP contribution is -2.30. The Morgan fingerprint density at radius 2 is 1.71 bits per heavy atom. The largest absolute Gasteiger partial charge is 0.493 e. The molecule has 152 valence electrons. The molecule has 0 aliphatic rings. The van der Waals surface area contributed by atoms with Crippen LogP contribution in [-0.2, 0) is 26.2 Å². The van der Waals surface area contributed by atoms with Gasteiger partial charge >= 0.3 is 5.97 Å². The van der Waals surface area contributed by atoms with Gasteiger partial charge in [0.15, 0.2) is 11.5 Å². The van der Waals surface area contributed by atoms with Gasteiger partial charge < -0.3 is 18.9 Å². The molecule has 0 unspecified atom stereocenters. The number of hydrogen-bond acceptors (Lipinski definition) is 7. The molecule has 0 atom stereocenters. The number of para-hydroxylation sites is 1. The molecule has 2 aromatic carbocycles. The molecule has 0 saturated carbocycles. The number of ether oxygens (including phenoxy) is 4. The number of esters is 1. The molecule has 0 saturated heterocycles. The summed E-state index contributed by atoms with van der Waals surface area (Å²) in [7, 11) is -1.07. The van der Waals surface area contributed by atoms with Gasteiger partial charge in [-0.05, 0) is 25.1 Å². The zero-order valence-corrected chi connectivity index (χ0v) is 16.7. The molecule has 0 spiro atoms. The molecule has 0 aromatic heterocycles. The van der Waals surface area contributed by atoms with Crippen molar-refractivity contribution in [1.82, 2.24) is 4.72 Å². The molecule has 8 nitrogen and oxygen atoms in total. The van der Waals surface area contributed by atoms with Crippen LogP contribution in [0.5, 0.6) is 17.2 Å². The second kappa shape index (κ2) is 9.95.